The van der Waals surface area contributed by atoms with E-state index in [1.54, 1.807) is 19.9 Å². The fourth-order valence-corrected chi connectivity index (χ4v) is 4.06. The molecule has 0 unspecified atom stereocenters. The van der Waals surface area contributed by atoms with Gasteiger partial charge in [0.2, 0.25) is 11.8 Å². The summed E-state index contributed by atoms with van der Waals surface area (Å²) in [6.07, 6.45) is -4.59. The molecule has 1 aromatic carbocycles. The molecule has 3 rings (SSSR count). The number of benzene rings is 1. The van der Waals surface area contributed by atoms with Crippen molar-refractivity contribution in [2.75, 3.05) is 23.7 Å². The van der Waals surface area contributed by atoms with Gasteiger partial charge in [0.05, 0.1) is 16.9 Å². The van der Waals surface area contributed by atoms with E-state index in [2.05, 4.69) is 10.4 Å². The first kappa shape index (κ1) is 24.1. The lowest BCUT2D eigenvalue weighted by atomic mass is 10.1. The number of pyridine rings is 1. The van der Waals surface area contributed by atoms with Crippen molar-refractivity contribution in [3.63, 3.8) is 0 Å². The van der Waals surface area contributed by atoms with Crippen LogP contribution in [0.4, 0.5) is 18.9 Å². The summed E-state index contributed by atoms with van der Waals surface area (Å²) in [7, 11) is 0. The molecule has 2 heterocycles. The summed E-state index contributed by atoms with van der Waals surface area (Å²) in [5.74, 6) is -2.07. The molecule has 0 radical (unpaired) electrons. The standard InChI is InChI=1S/C21H18F3N5O3S/c1-12-6-13(2)26-20(16(12)8-25)33-11-17(30)27-29-10-18(31)28(9-19(29)32)15-5-3-4-14(7-15)21(22,23)24/h3-7H,9-11H2,1-2H3,(H,27,30). The smallest absolute Gasteiger partial charge is 0.301 e. The van der Waals surface area contributed by atoms with Crippen molar-refractivity contribution >= 4 is 35.2 Å². The maximum absolute atomic E-state index is 13.0. The zero-order chi connectivity index (χ0) is 24.3. The van der Waals surface area contributed by atoms with Crippen molar-refractivity contribution in [3.8, 4) is 6.07 Å². The highest BCUT2D eigenvalue weighted by atomic mass is 32.2. The molecule has 0 saturated carbocycles. The Bertz CT molecular complexity index is 1160. The van der Waals surface area contributed by atoms with Crippen LogP contribution in [0.3, 0.4) is 0 Å². The number of piperazine rings is 1. The van der Waals surface area contributed by atoms with Crippen LogP contribution in [0.15, 0.2) is 35.4 Å². The molecule has 1 aromatic heterocycles. The maximum atomic E-state index is 13.0. The lowest BCUT2D eigenvalue weighted by Gasteiger charge is -2.34. The van der Waals surface area contributed by atoms with Crippen LogP contribution >= 0.6 is 11.8 Å². The molecule has 0 aliphatic carbocycles. The number of halogens is 3. The largest absolute Gasteiger partial charge is 0.416 e. The molecule has 1 aliphatic heterocycles. The van der Waals surface area contributed by atoms with Gasteiger partial charge >= 0.3 is 6.18 Å². The molecule has 1 saturated heterocycles. The topological polar surface area (TPSA) is 106 Å². The summed E-state index contributed by atoms with van der Waals surface area (Å²) in [6, 6.07) is 7.90. The van der Waals surface area contributed by atoms with Crippen LogP contribution in [-0.4, -0.2) is 46.6 Å². The fourth-order valence-electron chi connectivity index (χ4n) is 3.16. The Kier molecular flexibility index (Phi) is 6.92. The number of nitrogens with one attached hydrogen (secondary N) is 1. The van der Waals surface area contributed by atoms with Crippen LogP contribution < -0.4 is 10.3 Å². The van der Waals surface area contributed by atoms with E-state index in [0.717, 1.165) is 45.4 Å². The third kappa shape index (κ3) is 5.61. The van der Waals surface area contributed by atoms with Crippen molar-refractivity contribution in [1.29, 1.82) is 5.26 Å². The Hall–Kier alpha value is -3.59. The van der Waals surface area contributed by atoms with E-state index in [1.165, 1.54) is 6.07 Å². The highest BCUT2D eigenvalue weighted by molar-refractivity contribution is 8.00. The van der Waals surface area contributed by atoms with E-state index in [9.17, 15) is 32.8 Å². The van der Waals surface area contributed by atoms with Gasteiger partial charge in [-0.1, -0.05) is 17.8 Å². The molecule has 2 aromatic rings. The third-order valence-electron chi connectivity index (χ3n) is 4.70. The molecule has 8 nitrogen and oxygen atoms in total. The van der Waals surface area contributed by atoms with Gasteiger partial charge in [0.1, 0.15) is 24.2 Å². The van der Waals surface area contributed by atoms with E-state index in [0.29, 0.717) is 16.3 Å². The number of rotatable bonds is 5. The predicted octanol–water partition coefficient (Wildman–Crippen LogP) is 2.59. The first-order chi connectivity index (χ1) is 15.5. The maximum Gasteiger partial charge on any atom is 0.416 e. The highest BCUT2D eigenvalue weighted by Crippen LogP contribution is 2.32. The van der Waals surface area contributed by atoms with Gasteiger partial charge in [-0.2, -0.15) is 18.4 Å². The molecule has 3 amide bonds. The van der Waals surface area contributed by atoms with Crippen molar-refractivity contribution in [3.05, 3.63) is 52.7 Å². The Labute approximate surface area is 191 Å². The number of hydrogen-bond acceptors (Lipinski definition) is 6. The molecular formula is C21H18F3N5O3S. The number of hydrogen-bond donors (Lipinski definition) is 1. The minimum Gasteiger partial charge on any atom is -0.301 e. The Balaban J connectivity index is 1.64. The quantitative estimate of drug-likeness (QED) is 0.664. The number of alkyl halides is 3. The molecule has 0 spiro atoms. The highest BCUT2D eigenvalue weighted by Gasteiger charge is 2.34. The number of aromatic nitrogens is 1. The Morgan fingerprint density at radius 2 is 1.94 bits per heavy atom. The second-order valence-corrected chi connectivity index (χ2v) is 8.17. The van der Waals surface area contributed by atoms with Crippen LogP contribution in [-0.2, 0) is 20.6 Å². The Morgan fingerprint density at radius 1 is 1.21 bits per heavy atom. The van der Waals surface area contributed by atoms with Gasteiger partial charge in [-0.3, -0.25) is 19.8 Å². The van der Waals surface area contributed by atoms with E-state index in [-0.39, 0.29) is 11.4 Å². The molecule has 1 fully saturated rings. The summed E-state index contributed by atoms with van der Waals surface area (Å²) in [4.78, 5) is 42.4. The van der Waals surface area contributed by atoms with E-state index in [1.807, 2.05) is 6.07 Å². The third-order valence-corrected chi connectivity index (χ3v) is 5.67. The minimum atomic E-state index is -4.59. The van der Waals surface area contributed by atoms with Gasteiger partial charge in [-0.25, -0.2) is 9.99 Å². The summed E-state index contributed by atoms with van der Waals surface area (Å²) in [5, 5.41) is 10.5. The Morgan fingerprint density at radius 3 is 2.61 bits per heavy atom. The zero-order valence-corrected chi connectivity index (χ0v) is 18.4. The number of aryl methyl sites for hydroxylation is 2. The number of amides is 3. The normalized spacial score (nSPS) is 14.3. The first-order valence-electron chi connectivity index (χ1n) is 9.58. The van der Waals surface area contributed by atoms with Crippen LogP contribution in [0.1, 0.15) is 22.4 Å². The number of nitriles is 1. The number of nitrogens with zero attached hydrogens (tertiary/aromatic N) is 4. The number of hydrazine groups is 1. The molecule has 12 heteroatoms. The summed E-state index contributed by atoms with van der Waals surface area (Å²) in [5.41, 5.74) is 3.08. The van der Waals surface area contributed by atoms with Crippen molar-refractivity contribution in [1.82, 2.24) is 15.4 Å². The monoisotopic (exact) mass is 477 g/mol. The van der Waals surface area contributed by atoms with Gasteiger partial charge in [0.15, 0.2) is 0 Å². The fraction of sp³-hybridized carbons (Fsp3) is 0.286. The van der Waals surface area contributed by atoms with E-state index < -0.39 is 42.6 Å². The number of carbonyl (C=O) groups is 3. The predicted molar refractivity (Wildman–Crippen MR) is 113 cm³/mol. The molecule has 1 N–H and O–H groups in total. The first-order valence-corrected chi connectivity index (χ1v) is 10.6. The summed E-state index contributed by atoms with van der Waals surface area (Å²) < 4.78 is 38.9. The number of thioether (sulfide) groups is 1. The van der Waals surface area contributed by atoms with Crippen molar-refractivity contribution in [2.45, 2.75) is 25.0 Å². The second kappa shape index (κ2) is 9.50. The minimum absolute atomic E-state index is 0.0605. The molecule has 0 bridgehead atoms. The molecule has 1 aliphatic rings. The van der Waals surface area contributed by atoms with E-state index in [4.69, 9.17) is 0 Å². The van der Waals surface area contributed by atoms with Gasteiger partial charge in [0, 0.05) is 11.4 Å². The number of carbonyl (C=O) groups excluding carboxylic acids is 3. The van der Waals surface area contributed by atoms with E-state index >= 15 is 0 Å². The van der Waals surface area contributed by atoms with Gasteiger partial charge in [-0.05, 0) is 43.7 Å². The van der Waals surface area contributed by atoms with Gasteiger partial charge < -0.3 is 4.90 Å². The molecular weight excluding hydrogens is 459 g/mol. The molecule has 0 atom stereocenters. The lowest BCUT2D eigenvalue weighted by Crippen LogP contribution is -2.60. The van der Waals surface area contributed by atoms with Gasteiger partial charge in [0.25, 0.3) is 5.91 Å². The SMILES string of the molecule is Cc1cc(C)c(C#N)c(SCC(=O)NN2CC(=O)N(c3cccc(C(F)(F)F)c3)CC2=O)n1. The average Bonchev–Trinajstić information content (AvgIpc) is 2.73. The summed E-state index contributed by atoms with van der Waals surface area (Å²) in [6.45, 7) is 2.46. The lowest BCUT2D eigenvalue weighted by molar-refractivity contribution is -0.145. The molecule has 33 heavy (non-hydrogen) atoms. The van der Waals surface area contributed by atoms with Crippen LogP contribution in [0.25, 0.3) is 0 Å². The number of anilines is 1. The zero-order valence-electron chi connectivity index (χ0n) is 17.6. The molecule has 172 valence electrons. The van der Waals surface area contributed by atoms with Crippen LogP contribution in [0.5, 0.6) is 0 Å². The van der Waals surface area contributed by atoms with Crippen LogP contribution in [0.2, 0.25) is 0 Å². The van der Waals surface area contributed by atoms with Gasteiger partial charge in [-0.15, -0.1) is 0 Å². The summed E-state index contributed by atoms with van der Waals surface area (Å²) >= 11 is 1.01. The van der Waals surface area contributed by atoms with Crippen LogP contribution in [0, 0.1) is 25.2 Å². The van der Waals surface area contributed by atoms with Crippen molar-refractivity contribution in [2.24, 2.45) is 0 Å². The van der Waals surface area contributed by atoms with Crippen molar-refractivity contribution < 1.29 is 27.6 Å². The second-order valence-electron chi connectivity index (χ2n) is 7.20. The average molecular weight is 477 g/mol.